The number of hydrogen-bond donors (Lipinski definition) is 2. The van der Waals surface area contributed by atoms with E-state index < -0.39 is 12.0 Å². The van der Waals surface area contributed by atoms with E-state index in [1.807, 2.05) is 32.0 Å². The number of ether oxygens (including phenoxy) is 1. The molecular weight excluding hydrogens is 380 g/mol. The summed E-state index contributed by atoms with van der Waals surface area (Å²) in [4.78, 5) is 34.7. The van der Waals surface area contributed by atoms with Crippen LogP contribution >= 0.6 is 11.6 Å². The second-order valence-corrected chi connectivity index (χ2v) is 7.44. The van der Waals surface area contributed by atoms with Crippen LogP contribution in [-0.4, -0.2) is 46.6 Å². The third kappa shape index (κ3) is 3.99. The maximum absolute atomic E-state index is 13.2. The molecule has 0 saturated heterocycles. The Balaban J connectivity index is 1.92. The lowest BCUT2D eigenvalue weighted by atomic mass is 9.95. The lowest BCUT2D eigenvalue weighted by molar-refractivity contribution is -0.144. The number of aromatic nitrogens is 2. The fraction of sp³-hybridized carbons (Fsp3) is 0.450. The van der Waals surface area contributed by atoms with E-state index in [0.29, 0.717) is 18.0 Å². The van der Waals surface area contributed by atoms with E-state index in [0.717, 1.165) is 23.4 Å². The number of methoxy groups -OCH3 is 1. The first-order chi connectivity index (χ1) is 13.5. The lowest BCUT2D eigenvalue weighted by Crippen LogP contribution is -2.53. The Morgan fingerprint density at radius 2 is 2.25 bits per heavy atom. The number of imidazole rings is 1. The number of carbonyl (C=O) groups excluding carboxylic acids is 2. The van der Waals surface area contributed by atoms with Crippen LogP contribution in [0, 0.1) is 5.92 Å². The fourth-order valence-electron chi connectivity index (χ4n) is 3.52. The van der Waals surface area contributed by atoms with Crippen molar-refractivity contribution in [3.63, 3.8) is 0 Å². The molecule has 0 saturated carbocycles. The molecule has 8 heteroatoms. The van der Waals surface area contributed by atoms with Crippen LogP contribution in [0.2, 0.25) is 5.02 Å². The van der Waals surface area contributed by atoms with E-state index in [9.17, 15) is 9.59 Å². The van der Waals surface area contributed by atoms with Crippen molar-refractivity contribution in [1.29, 1.82) is 0 Å². The zero-order valence-corrected chi connectivity index (χ0v) is 17.0. The van der Waals surface area contributed by atoms with Gasteiger partial charge in [-0.15, -0.1) is 0 Å². The van der Waals surface area contributed by atoms with Gasteiger partial charge in [0.15, 0.2) is 0 Å². The number of halogens is 1. The summed E-state index contributed by atoms with van der Waals surface area (Å²) in [6.07, 6.45) is 3.04. The quantitative estimate of drug-likeness (QED) is 0.748. The third-order valence-corrected chi connectivity index (χ3v) is 5.53. The normalized spacial score (nSPS) is 18.1. The number of carbonyl (C=O) groups is 2. The van der Waals surface area contributed by atoms with Crippen molar-refractivity contribution in [2.24, 2.45) is 5.92 Å². The standard InChI is InChI=1S/C20H25ClN4O3/c1-4-12(2)16(19(26)28-3)24-20(27)25-9-8-15-17(23-11-22-15)18(25)13-6-5-7-14(21)10-13/h5-7,10-12,16,18H,4,8-9H2,1-3H3,(H,22,23)(H,24,27)/t12-,16-,18-/m0/s1. The van der Waals surface area contributed by atoms with Gasteiger partial charge in [0.2, 0.25) is 0 Å². The molecule has 0 fully saturated rings. The maximum atomic E-state index is 13.2. The predicted octanol–water partition coefficient (Wildman–Crippen LogP) is 3.31. The van der Waals surface area contributed by atoms with Gasteiger partial charge < -0.3 is 19.9 Å². The van der Waals surface area contributed by atoms with Crippen LogP contribution in [0.15, 0.2) is 30.6 Å². The van der Waals surface area contributed by atoms with Crippen molar-refractivity contribution in [3.05, 3.63) is 52.6 Å². The summed E-state index contributed by atoms with van der Waals surface area (Å²) in [7, 11) is 1.33. The highest BCUT2D eigenvalue weighted by atomic mass is 35.5. The maximum Gasteiger partial charge on any atom is 0.328 e. The molecule has 0 unspecified atom stereocenters. The highest BCUT2D eigenvalue weighted by Crippen LogP contribution is 2.34. The first-order valence-electron chi connectivity index (χ1n) is 9.38. The van der Waals surface area contributed by atoms with Gasteiger partial charge in [-0.25, -0.2) is 14.6 Å². The van der Waals surface area contributed by atoms with E-state index >= 15 is 0 Å². The second kappa shape index (κ2) is 8.65. The minimum absolute atomic E-state index is 0.0493. The first-order valence-corrected chi connectivity index (χ1v) is 9.76. The highest BCUT2D eigenvalue weighted by molar-refractivity contribution is 6.30. The Morgan fingerprint density at radius 3 is 2.93 bits per heavy atom. The van der Waals surface area contributed by atoms with Crippen molar-refractivity contribution in [3.8, 4) is 0 Å². The average molecular weight is 405 g/mol. The summed E-state index contributed by atoms with van der Waals surface area (Å²) in [6, 6.07) is 5.99. The van der Waals surface area contributed by atoms with Gasteiger partial charge in [-0.2, -0.15) is 0 Å². The van der Waals surface area contributed by atoms with Crippen LogP contribution in [0.4, 0.5) is 4.79 Å². The Hall–Kier alpha value is -2.54. The van der Waals surface area contributed by atoms with Gasteiger partial charge in [-0.1, -0.05) is 44.0 Å². The first kappa shape index (κ1) is 20.2. The van der Waals surface area contributed by atoms with E-state index in [4.69, 9.17) is 16.3 Å². The van der Waals surface area contributed by atoms with Crippen molar-refractivity contribution in [2.45, 2.75) is 38.8 Å². The molecule has 0 spiro atoms. The SMILES string of the molecule is CC[C@H](C)[C@H](NC(=O)N1CCc2[nH]cnc2[C@@H]1c1cccc(Cl)c1)C(=O)OC. The van der Waals surface area contributed by atoms with Crippen molar-refractivity contribution >= 4 is 23.6 Å². The van der Waals surface area contributed by atoms with Crippen LogP contribution in [0.25, 0.3) is 0 Å². The summed E-state index contributed by atoms with van der Waals surface area (Å²) in [5.41, 5.74) is 2.66. The van der Waals surface area contributed by atoms with Crippen LogP contribution < -0.4 is 5.32 Å². The molecule has 28 heavy (non-hydrogen) atoms. The molecule has 0 bridgehead atoms. The van der Waals surface area contributed by atoms with Gasteiger partial charge in [0.1, 0.15) is 12.1 Å². The van der Waals surface area contributed by atoms with E-state index in [-0.39, 0.29) is 18.0 Å². The van der Waals surface area contributed by atoms with Gasteiger partial charge in [-0.05, 0) is 23.6 Å². The second-order valence-electron chi connectivity index (χ2n) is 7.00. The molecule has 7 nitrogen and oxygen atoms in total. The van der Waals surface area contributed by atoms with Crippen LogP contribution in [0.5, 0.6) is 0 Å². The number of nitrogens with zero attached hydrogens (tertiary/aromatic N) is 2. The zero-order valence-electron chi connectivity index (χ0n) is 16.2. The molecule has 0 aliphatic carbocycles. The Labute approximate surface area is 169 Å². The topological polar surface area (TPSA) is 87.3 Å². The van der Waals surface area contributed by atoms with Crippen molar-refractivity contribution in [2.75, 3.05) is 13.7 Å². The molecule has 0 radical (unpaired) electrons. The lowest BCUT2D eigenvalue weighted by Gasteiger charge is -2.36. The van der Waals surface area contributed by atoms with Gasteiger partial charge in [-0.3, -0.25) is 0 Å². The van der Waals surface area contributed by atoms with E-state index in [1.165, 1.54) is 7.11 Å². The molecule has 1 aromatic heterocycles. The number of benzene rings is 1. The Bertz CT molecular complexity index is 853. The number of rotatable bonds is 5. The molecule has 2 amide bonds. The fourth-order valence-corrected chi connectivity index (χ4v) is 3.72. The highest BCUT2D eigenvalue weighted by Gasteiger charge is 2.36. The number of esters is 1. The number of aromatic amines is 1. The van der Waals surface area contributed by atoms with Crippen molar-refractivity contribution < 1.29 is 14.3 Å². The number of fused-ring (bicyclic) bond motifs is 1. The van der Waals surface area contributed by atoms with Crippen LogP contribution in [-0.2, 0) is 16.0 Å². The summed E-state index contributed by atoms with van der Waals surface area (Å²) < 4.78 is 4.89. The van der Waals surface area contributed by atoms with Crippen molar-refractivity contribution in [1.82, 2.24) is 20.2 Å². The molecule has 150 valence electrons. The number of hydrogen-bond acceptors (Lipinski definition) is 4. The smallest absolute Gasteiger partial charge is 0.328 e. The van der Waals surface area contributed by atoms with Gasteiger partial charge in [0, 0.05) is 23.7 Å². The average Bonchev–Trinajstić information content (AvgIpc) is 3.18. The summed E-state index contributed by atoms with van der Waals surface area (Å²) in [6.45, 7) is 4.38. The summed E-state index contributed by atoms with van der Waals surface area (Å²) in [5, 5.41) is 3.46. The summed E-state index contributed by atoms with van der Waals surface area (Å²) >= 11 is 6.19. The molecule has 3 rings (SSSR count). The molecule has 2 heterocycles. The van der Waals surface area contributed by atoms with E-state index in [2.05, 4.69) is 15.3 Å². The predicted molar refractivity (Wildman–Crippen MR) is 106 cm³/mol. The minimum atomic E-state index is -0.705. The molecule has 1 aromatic carbocycles. The Morgan fingerprint density at radius 1 is 1.46 bits per heavy atom. The third-order valence-electron chi connectivity index (χ3n) is 5.30. The van der Waals surface area contributed by atoms with Gasteiger partial charge in [0.05, 0.1) is 19.1 Å². The largest absolute Gasteiger partial charge is 0.467 e. The molecule has 3 atom stereocenters. The minimum Gasteiger partial charge on any atom is -0.467 e. The number of H-pyrrole nitrogens is 1. The van der Waals surface area contributed by atoms with Gasteiger partial charge in [0.25, 0.3) is 0 Å². The molecule has 1 aliphatic rings. The number of amides is 2. The van der Waals surface area contributed by atoms with Crippen LogP contribution in [0.1, 0.15) is 43.3 Å². The molecule has 2 N–H and O–H groups in total. The summed E-state index contributed by atoms with van der Waals surface area (Å²) in [5.74, 6) is -0.494. The molecule has 1 aliphatic heterocycles. The van der Waals surface area contributed by atoms with E-state index in [1.54, 1.807) is 17.3 Å². The number of urea groups is 1. The van der Waals surface area contributed by atoms with Crippen LogP contribution in [0.3, 0.4) is 0 Å². The monoisotopic (exact) mass is 404 g/mol. The zero-order chi connectivity index (χ0) is 20.3. The number of nitrogens with one attached hydrogen (secondary N) is 2. The Kier molecular flexibility index (Phi) is 6.24. The molecular formula is C20H25ClN4O3. The molecule has 2 aromatic rings. The van der Waals surface area contributed by atoms with Gasteiger partial charge >= 0.3 is 12.0 Å².